The summed E-state index contributed by atoms with van der Waals surface area (Å²) in [4.78, 5) is 26.4. The van der Waals surface area contributed by atoms with Gasteiger partial charge in [0.05, 0.1) is 23.5 Å². The van der Waals surface area contributed by atoms with Gasteiger partial charge in [0.1, 0.15) is 10.7 Å². The Morgan fingerprint density at radius 1 is 1.03 bits per heavy atom. The van der Waals surface area contributed by atoms with Crippen molar-refractivity contribution in [2.45, 2.75) is 28.4 Å². The van der Waals surface area contributed by atoms with Crippen molar-refractivity contribution < 1.29 is 0 Å². The molecule has 0 atom stereocenters. The van der Waals surface area contributed by atoms with Crippen LogP contribution in [0.2, 0.25) is 0 Å². The molecule has 0 aliphatic rings. The van der Waals surface area contributed by atoms with Crippen molar-refractivity contribution in [3.05, 3.63) is 41.0 Å². The predicted molar refractivity (Wildman–Crippen MR) is 125 cm³/mol. The fourth-order valence-corrected chi connectivity index (χ4v) is 4.77. The van der Waals surface area contributed by atoms with Gasteiger partial charge in [-0.1, -0.05) is 30.1 Å². The minimum atomic E-state index is -0.0438. The molecule has 0 N–H and O–H groups in total. The van der Waals surface area contributed by atoms with Gasteiger partial charge in [0, 0.05) is 19.8 Å². The van der Waals surface area contributed by atoms with Gasteiger partial charge >= 0.3 is 0 Å². The van der Waals surface area contributed by atoms with Crippen molar-refractivity contribution in [1.82, 2.24) is 33.9 Å². The number of aromatic nitrogens is 7. The molecule has 0 radical (unpaired) electrons. The van der Waals surface area contributed by atoms with Crippen molar-refractivity contribution in [2.24, 2.45) is 7.05 Å². The fraction of sp³-hybridized carbons (Fsp3) is 0.316. The van der Waals surface area contributed by atoms with E-state index in [-0.39, 0.29) is 5.56 Å². The molecule has 30 heavy (non-hydrogen) atoms. The molecule has 156 valence electrons. The molecule has 11 heteroatoms. The summed E-state index contributed by atoms with van der Waals surface area (Å²) in [6, 6.07) is 1.81. The van der Waals surface area contributed by atoms with E-state index in [1.807, 2.05) is 40.3 Å². The summed E-state index contributed by atoms with van der Waals surface area (Å²) in [7, 11) is 1.74. The lowest BCUT2D eigenvalue weighted by atomic mass is 10.3. The third kappa shape index (κ3) is 3.65. The number of fused-ring (bicyclic) bond motifs is 2. The number of hydrogen-bond donors (Lipinski definition) is 0. The van der Waals surface area contributed by atoms with Gasteiger partial charge in [0.25, 0.3) is 5.56 Å². The molecule has 0 amide bonds. The van der Waals surface area contributed by atoms with E-state index in [0.717, 1.165) is 26.8 Å². The first kappa shape index (κ1) is 21.0. The quantitative estimate of drug-likeness (QED) is 0.180. The zero-order valence-corrected chi connectivity index (χ0v) is 19.6. The molecule has 4 aromatic heterocycles. The third-order valence-corrected chi connectivity index (χ3v) is 6.70. The van der Waals surface area contributed by atoms with Crippen molar-refractivity contribution in [2.75, 3.05) is 18.8 Å². The minimum Gasteiger partial charge on any atom is -0.328 e. The Bertz CT molecular complexity index is 1320. The Morgan fingerprint density at radius 2 is 1.83 bits per heavy atom. The van der Waals surface area contributed by atoms with Crippen molar-refractivity contribution in [3.8, 4) is 0 Å². The maximum absolute atomic E-state index is 12.6. The first-order valence-corrected chi connectivity index (χ1v) is 12.7. The average molecular weight is 460 g/mol. The summed E-state index contributed by atoms with van der Waals surface area (Å²) in [6.07, 6.45) is 9.56. The van der Waals surface area contributed by atoms with Crippen LogP contribution in [0.3, 0.4) is 0 Å². The lowest BCUT2D eigenvalue weighted by Crippen LogP contribution is -2.20. The van der Waals surface area contributed by atoms with Crippen LogP contribution < -0.4 is 5.56 Å². The minimum absolute atomic E-state index is 0.0438. The highest BCUT2D eigenvalue weighted by atomic mass is 32.2. The number of rotatable bonds is 7. The number of hydrogen-bond acceptors (Lipinski definition) is 8. The van der Waals surface area contributed by atoms with Gasteiger partial charge in [-0.05, 0) is 30.4 Å². The third-order valence-electron chi connectivity index (χ3n) is 4.72. The summed E-state index contributed by atoms with van der Waals surface area (Å²) < 4.78 is 5.39. The molecule has 4 heterocycles. The number of nitrogens with zero attached hydrogens (tertiary/aromatic N) is 7. The standard InChI is InChI=1S/C19H21N7OS3/c1-11(9-25-7-6-12-14(25)22-19(30-5)24(2)17(12)27)10-26-15-13(8-20-26)16(28-3)23-18(21-15)29-4/h6-8H,1,9-10H2,2-5H3. The van der Waals surface area contributed by atoms with Gasteiger partial charge in [-0.3, -0.25) is 9.36 Å². The Hall–Kier alpha value is -2.24. The molecule has 0 bridgehead atoms. The van der Waals surface area contributed by atoms with E-state index < -0.39 is 0 Å². The lowest BCUT2D eigenvalue weighted by Gasteiger charge is -2.11. The van der Waals surface area contributed by atoms with Crippen LogP contribution in [-0.2, 0) is 20.1 Å². The topological polar surface area (TPSA) is 83.4 Å². The van der Waals surface area contributed by atoms with Gasteiger partial charge in [0.15, 0.2) is 16.0 Å². The van der Waals surface area contributed by atoms with E-state index in [2.05, 4.69) is 26.6 Å². The normalized spacial score (nSPS) is 11.6. The van der Waals surface area contributed by atoms with Gasteiger partial charge in [-0.25, -0.2) is 19.6 Å². The van der Waals surface area contributed by atoms with E-state index in [1.165, 1.54) is 23.5 Å². The van der Waals surface area contributed by atoms with Crippen LogP contribution in [0.1, 0.15) is 0 Å². The maximum atomic E-state index is 12.6. The van der Waals surface area contributed by atoms with Crippen LogP contribution in [0.5, 0.6) is 0 Å². The molecule has 0 aromatic carbocycles. The molecule has 4 rings (SSSR count). The molecular weight excluding hydrogens is 438 g/mol. The first-order chi connectivity index (χ1) is 14.5. The smallest absolute Gasteiger partial charge is 0.263 e. The van der Waals surface area contributed by atoms with Gasteiger partial charge in [-0.15, -0.1) is 11.8 Å². The Labute approximate surface area is 186 Å². The second-order valence-corrected chi connectivity index (χ2v) is 8.99. The van der Waals surface area contributed by atoms with Gasteiger partial charge in [-0.2, -0.15) is 5.10 Å². The van der Waals surface area contributed by atoms with Crippen LogP contribution in [0.15, 0.2) is 50.7 Å². The Morgan fingerprint density at radius 3 is 2.53 bits per heavy atom. The molecule has 0 saturated heterocycles. The molecule has 8 nitrogen and oxygen atoms in total. The van der Waals surface area contributed by atoms with E-state index >= 15 is 0 Å². The second-order valence-electron chi connectivity index (χ2n) is 6.65. The highest BCUT2D eigenvalue weighted by Crippen LogP contribution is 2.26. The van der Waals surface area contributed by atoms with Crippen molar-refractivity contribution in [3.63, 3.8) is 0 Å². The SMILES string of the molecule is C=C(Cn1ccc2c(=O)n(C)c(SC)nc21)Cn1ncc2c(SC)nc(SC)nc21. The van der Waals surface area contributed by atoms with Crippen LogP contribution in [0.4, 0.5) is 0 Å². The van der Waals surface area contributed by atoms with Crippen LogP contribution in [0, 0.1) is 0 Å². The maximum Gasteiger partial charge on any atom is 0.263 e. The molecule has 0 spiro atoms. The molecule has 4 aromatic rings. The summed E-state index contributed by atoms with van der Waals surface area (Å²) in [5.74, 6) is 0. The van der Waals surface area contributed by atoms with E-state index in [0.29, 0.717) is 29.3 Å². The predicted octanol–water partition coefficient (Wildman–Crippen LogP) is 3.30. The summed E-state index contributed by atoms with van der Waals surface area (Å²) in [5, 5.41) is 8.38. The molecule has 0 unspecified atom stereocenters. The number of thioether (sulfide) groups is 3. The van der Waals surface area contributed by atoms with Crippen molar-refractivity contribution >= 4 is 57.4 Å². The zero-order chi connectivity index (χ0) is 21.4. The highest BCUT2D eigenvalue weighted by molar-refractivity contribution is 7.99. The van der Waals surface area contributed by atoms with Crippen LogP contribution >= 0.6 is 35.3 Å². The van der Waals surface area contributed by atoms with Gasteiger partial charge < -0.3 is 4.57 Å². The van der Waals surface area contributed by atoms with Crippen LogP contribution in [-0.4, -0.2) is 52.6 Å². The molecular formula is C19H21N7OS3. The fourth-order valence-electron chi connectivity index (χ4n) is 3.27. The average Bonchev–Trinajstić information content (AvgIpc) is 3.34. The highest BCUT2D eigenvalue weighted by Gasteiger charge is 2.15. The van der Waals surface area contributed by atoms with E-state index in [9.17, 15) is 4.79 Å². The lowest BCUT2D eigenvalue weighted by molar-refractivity contribution is 0.644. The molecule has 0 aliphatic carbocycles. The summed E-state index contributed by atoms with van der Waals surface area (Å²) in [6.45, 7) is 5.29. The monoisotopic (exact) mass is 459 g/mol. The largest absolute Gasteiger partial charge is 0.328 e. The van der Waals surface area contributed by atoms with Crippen LogP contribution in [0.25, 0.3) is 22.1 Å². The molecule has 0 saturated carbocycles. The van der Waals surface area contributed by atoms with E-state index in [4.69, 9.17) is 0 Å². The Balaban J connectivity index is 1.65. The first-order valence-electron chi connectivity index (χ1n) is 9.04. The van der Waals surface area contributed by atoms with Crippen molar-refractivity contribution in [1.29, 1.82) is 0 Å². The number of allylic oxidation sites excluding steroid dienone is 1. The second kappa shape index (κ2) is 8.48. The summed E-state index contributed by atoms with van der Waals surface area (Å²) >= 11 is 4.55. The van der Waals surface area contributed by atoms with Gasteiger partial charge in [0.2, 0.25) is 0 Å². The molecule has 0 fully saturated rings. The molecule has 0 aliphatic heterocycles. The van der Waals surface area contributed by atoms with E-state index in [1.54, 1.807) is 29.6 Å². The summed E-state index contributed by atoms with van der Waals surface area (Å²) in [5.41, 5.74) is 2.36. The Kier molecular flexibility index (Phi) is 5.94. The zero-order valence-electron chi connectivity index (χ0n) is 17.1.